The van der Waals surface area contributed by atoms with E-state index in [2.05, 4.69) is 28.1 Å². The number of hydrogen-bond donors (Lipinski definition) is 1. The molecule has 128 valence electrons. The lowest BCUT2D eigenvalue weighted by molar-refractivity contribution is 0.592. The molecular weight excluding hydrogens is 371 g/mol. The monoisotopic (exact) mass is 388 g/mol. The summed E-state index contributed by atoms with van der Waals surface area (Å²) >= 11 is 14.4. The number of aryl methyl sites for hydroxylation is 1. The maximum Gasteiger partial charge on any atom is 0.0630 e. The van der Waals surface area contributed by atoms with Crippen molar-refractivity contribution in [2.75, 3.05) is 12.3 Å². The van der Waals surface area contributed by atoms with E-state index < -0.39 is 0 Å². The Morgan fingerprint density at radius 1 is 1.08 bits per heavy atom. The number of rotatable bonds is 1. The van der Waals surface area contributed by atoms with Gasteiger partial charge in [0.25, 0.3) is 0 Å². The van der Waals surface area contributed by atoms with Crippen LogP contribution in [0.25, 0.3) is 22.0 Å². The zero-order valence-electron chi connectivity index (χ0n) is 13.7. The minimum Gasteiger partial charge on any atom is -0.343 e. The predicted octanol–water partition coefficient (Wildman–Crippen LogP) is 5.76. The lowest BCUT2D eigenvalue weighted by Gasteiger charge is -2.17. The maximum atomic E-state index is 6.31. The fourth-order valence-electron chi connectivity index (χ4n) is 4.16. The Balaban J connectivity index is 1.86. The summed E-state index contributed by atoms with van der Waals surface area (Å²) in [5.74, 6) is 1.19. The van der Waals surface area contributed by atoms with Gasteiger partial charge in [-0.3, -0.25) is 0 Å². The second kappa shape index (κ2) is 6.24. The quantitative estimate of drug-likeness (QED) is 0.570. The zero-order valence-corrected chi connectivity index (χ0v) is 16.1. The number of benzene rings is 2. The van der Waals surface area contributed by atoms with Crippen LogP contribution < -0.4 is 5.32 Å². The fraction of sp³-hybridized carbons (Fsp3) is 0.300. The summed E-state index contributed by atoms with van der Waals surface area (Å²) in [6.45, 7) is 3.13. The number of nitrogens with zero attached hydrogens (tertiary/aromatic N) is 1. The molecule has 5 rings (SSSR count). The summed E-state index contributed by atoms with van der Waals surface area (Å²) in [5.41, 5.74) is 6.80. The molecule has 0 bridgehead atoms. The molecular formula is C20H18Cl2N2S. The third kappa shape index (κ3) is 2.52. The molecule has 0 unspecified atom stereocenters. The van der Waals surface area contributed by atoms with Crippen molar-refractivity contribution in [1.29, 1.82) is 0 Å². The van der Waals surface area contributed by atoms with Gasteiger partial charge in [-0.1, -0.05) is 35.3 Å². The highest BCUT2D eigenvalue weighted by molar-refractivity contribution is 7.99. The molecule has 0 amide bonds. The van der Waals surface area contributed by atoms with Crippen molar-refractivity contribution in [1.82, 2.24) is 9.88 Å². The molecule has 2 aromatic carbocycles. The first-order valence-electron chi connectivity index (χ1n) is 8.70. The summed E-state index contributed by atoms with van der Waals surface area (Å²) in [7, 11) is 0. The molecule has 3 heterocycles. The van der Waals surface area contributed by atoms with Crippen LogP contribution >= 0.6 is 35.0 Å². The topological polar surface area (TPSA) is 17.0 Å². The molecule has 0 saturated carbocycles. The van der Waals surface area contributed by atoms with Crippen molar-refractivity contribution in [2.24, 2.45) is 0 Å². The van der Waals surface area contributed by atoms with E-state index in [-0.39, 0.29) is 0 Å². The van der Waals surface area contributed by atoms with Crippen molar-refractivity contribution in [3.8, 4) is 11.1 Å². The second-order valence-electron chi connectivity index (χ2n) is 6.67. The summed E-state index contributed by atoms with van der Waals surface area (Å²) in [5, 5.41) is 6.17. The van der Waals surface area contributed by atoms with E-state index in [1.165, 1.54) is 44.8 Å². The zero-order chi connectivity index (χ0) is 17.0. The lowest BCUT2D eigenvalue weighted by Crippen LogP contribution is -2.24. The van der Waals surface area contributed by atoms with Crippen LogP contribution in [0.1, 0.15) is 17.7 Å². The van der Waals surface area contributed by atoms with E-state index in [9.17, 15) is 0 Å². The summed E-state index contributed by atoms with van der Waals surface area (Å²) in [6.07, 6.45) is 2.33. The first-order chi connectivity index (χ1) is 12.2. The van der Waals surface area contributed by atoms with E-state index >= 15 is 0 Å². The van der Waals surface area contributed by atoms with Crippen LogP contribution in [0.3, 0.4) is 0 Å². The lowest BCUT2D eigenvalue weighted by atomic mass is 9.97. The van der Waals surface area contributed by atoms with Gasteiger partial charge in [0.2, 0.25) is 0 Å². The van der Waals surface area contributed by atoms with Crippen molar-refractivity contribution >= 4 is 45.9 Å². The standard InChI is InChI=1S/C20H18Cl2N2S/c21-15-4-2-12(10-16(15)22)13-3-5-18-20-19(13)14-11-23-7-6-17(14)24(20)8-1-9-25-18/h2-5,10,23H,1,6-9,11H2. The van der Waals surface area contributed by atoms with E-state index in [0.29, 0.717) is 10.0 Å². The van der Waals surface area contributed by atoms with E-state index in [4.69, 9.17) is 23.2 Å². The highest BCUT2D eigenvalue weighted by atomic mass is 35.5. The van der Waals surface area contributed by atoms with Crippen molar-refractivity contribution in [3.05, 3.63) is 51.6 Å². The first-order valence-corrected chi connectivity index (χ1v) is 10.4. The van der Waals surface area contributed by atoms with E-state index in [0.717, 1.165) is 31.6 Å². The summed E-state index contributed by atoms with van der Waals surface area (Å²) in [4.78, 5) is 1.41. The van der Waals surface area contributed by atoms with Crippen LogP contribution in [0, 0.1) is 0 Å². The van der Waals surface area contributed by atoms with E-state index in [1.807, 2.05) is 23.9 Å². The molecule has 1 aromatic heterocycles. The van der Waals surface area contributed by atoms with Gasteiger partial charge in [-0.2, -0.15) is 0 Å². The highest BCUT2D eigenvalue weighted by Gasteiger charge is 2.25. The second-order valence-corrected chi connectivity index (χ2v) is 8.62. The van der Waals surface area contributed by atoms with Gasteiger partial charge in [-0.15, -0.1) is 11.8 Å². The predicted molar refractivity (Wildman–Crippen MR) is 108 cm³/mol. The molecule has 2 aliphatic heterocycles. The average Bonchev–Trinajstić information content (AvgIpc) is 2.81. The van der Waals surface area contributed by atoms with Gasteiger partial charge < -0.3 is 9.88 Å². The van der Waals surface area contributed by atoms with Gasteiger partial charge in [-0.05, 0) is 47.1 Å². The number of aromatic nitrogens is 1. The normalized spacial score (nSPS) is 16.7. The Labute approximate surface area is 161 Å². The molecule has 25 heavy (non-hydrogen) atoms. The van der Waals surface area contributed by atoms with Gasteiger partial charge in [0, 0.05) is 42.0 Å². The molecule has 0 atom stereocenters. The van der Waals surface area contributed by atoms with Gasteiger partial charge in [-0.25, -0.2) is 0 Å². The number of nitrogens with one attached hydrogen (secondary N) is 1. The van der Waals surface area contributed by atoms with E-state index in [1.54, 1.807) is 0 Å². The van der Waals surface area contributed by atoms with Crippen LogP contribution in [0.15, 0.2) is 35.2 Å². The Bertz CT molecular complexity index is 993. The minimum atomic E-state index is 0.605. The Morgan fingerprint density at radius 3 is 2.88 bits per heavy atom. The SMILES string of the molecule is Clc1ccc(-c2ccc3c4c2c2c(n4CCCS3)CCNC2)cc1Cl. The van der Waals surface area contributed by atoms with Gasteiger partial charge in [0.05, 0.1) is 15.6 Å². The van der Waals surface area contributed by atoms with Crippen molar-refractivity contribution in [3.63, 3.8) is 0 Å². The molecule has 2 nitrogen and oxygen atoms in total. The largest absolute Gasteiger partial charge is 0.343 e. The maximum absolute atomic E-state index is 6.31. The Morgan fingerprint density at radius 2 is 2.00 bits per heavy atom. The summed E-state index contributed by atoms with van der Waals surface area (Å²) in [6, 6.07) is 10.5. The molecule has 1 N–H and O–H groups in total. The van der Waals surface area contributed by atoms with Crippen LogP contribution in [-0.4, -0.2) is 16.9 Å². The molecule has 2 aliphatic rings. The van der Waals surface area contributed by atoms with Crippen LogP contribution in [0.2, 0.25) is 10.0 Å². The molecule has 0 saturated heterocycles. The van der Waals surface area contributed by atoms with Crippen molar-refractivity contribution < 1.29 is 0 Å². The number of halogens is 2. The van der Waals surface area contributed by atoms with Crippen LogP contribution in [0.5, 0.6) is 0 Å². The molecule has 5 heteroatoms. The van der Waals surface area contributed by atoms with Gasteiger partial charge in [0.1, 0.15) is 0 Å². The summed E-state index contributed by atoms with van der Waals surface area (Å²) < 4.78 is 2.59. The van der Waals surface area contributed by atoms with Crippen molar-refractivity contribution in [2.45, 2.75) is 30.8 Å². The molecule has 0 radical (unpaired) electrons. The number of thioether (sulfide) groups is 1. The molecule has 0 spiro atoms. The highest BCUT2D eigenvalue weighted by Crippen LogP contribution is 2.43. The fourth-order valence-corrected chi connectivity index (χ4v) is 5.46. The van der Waals surface area contributed by atoms with Crippen LogP contribution in [-0.2, 0) is 19.5 Å². The Hall–Kier alpha value is -1.13. The average molecular weight is 389 g/mol. The molecule has 3 aromatic rings. The number of hydrogen-bond acceptors (Lipinski definition) is 2. The molecule has 0 fully saturated rings. The number of fused-ring (bicyclic) bond motifs is 3. The third-order valence-corrected chi connectivity index (χ3v) is 7.11. The van der Waals surface area contributed by atoms with Gasteiger partial charge >= 0.3 is 0 Å². The molecule has 0 aliphatic carbocycles. The smallest absolute Gasteiger partial charge is 0.0630 e. The minimum absolute atomic E-state index is 0.605. The van der Waals surface area contributed by atoms with Gasteiger partial charge in [0.15, 0.2) is 0 Å². The Kier molecular flexibility index (Phi) is 4.01. The third-order valence-electron chi connectivity index (χ3n) is 5.24. The van der Waals surface area contributed by atoms with Crippen LogP contribution in [0.4, 0.5) is 0 Å². The first kappa shape index (κ1) is 16.1.